The van der Waals surface area contributed by atoms with Crippen LogP contribution in [0.3, 0.4) is 0 Å². The first-order valence-electron chi connectivity index (χ1n) is 10.8. The molecule has 0 amide bonds. The maximum absolute atomic E-state index is 12.8. The van der Waals surface area contributed by atoms with E-state index in [2.05, 4.69) is 45.9 Å². The molecule has 0 bridgehead atoms. The number of nitrogen functional groups attached to an aromatic ring is 1. The van der Waals surface area contributed by atoms with Gasteiger partial charge in [0.15, 0.2) is 5.65 Å². The quantitative estimate of drug-likeness (QED) is 0.411. The molecule has 3 N–H and O–H groups in total. The van der Waals surface area contributed by atoms with Crippen LogP contribution in [0.5, 0.6) is 0 Å². The van der Waals surface area contributed by atoms with Gasteiger partial charge in [0.1, 0.15) is 11.3 Å². The average molecular weight is 483 g/mol. The number of nitrogens with two attached hydrogens (primary N) is 1. The van der Waals surface area contributed by atoms with Crippen LogP contribution >= 0.6 is 12.4 Å². The number of rotatable bonds is 9. The van der Waals surface area contributed by atoms with Gasteiger partial charge < -0.3 is 16.0 Å². The maximum Gasteiger partial charge on any atom is 0.416 e. The topological polar surface area (TPSA) is 80.0 Å². The standard InChI is InChI=1S/C23H29F3N6.ClH/c1-4-32(5-2)12-6-7-15(3)29-18-13-20(27)31-22-21(18)28-14-19(30-22)16-8-10-17(11-9-16)23(24,25)26;/h8-11,13-15H,4-7,12H2,1-3H3,(H3,27,29,30,31);1H. The second kappa shape index (κ2) is 11.5. The van der Waals surface area contributed by atoms with Crippen molar-refractivity contribution in [3.63, 3.8) is 0 Å². The van der Waals surface area contributed by atoms with Crippen LogP contribution in [-0.4, -0.2) is 45.5 Å². The largest absolute Gasteiger partial charge is 0.416 e. The van der Waals surface area contributed by atoms with Crippen molar-refractivity contribution >= 4 is 35.1 Å². The molecule has 0 aliphatic rings. The van der Waals surface area contributed by atoms with Crippen molar-refractivity contribution in [2.45, 2.75) is 45.8 Å². The Morgan fingerprint density at radius 2 is 1.76 bits per heavy atom. The summed E-state index contributed by atoms with van der Waals surface area (Å²) in [7, 11) is 0. The van der Waals surface area contributed by atoms with Crippen molar-refractivity contribution < 1.29 is 13.2 Å². The lowest BCUT2D eigenvalue weighted by Crippen LogP contribution is -2.25. The molecule has 0 fully saturated rings. The Labute approximate surface area is 198 Å². The van der Waals surface area contributed by atoms with Gasteiger partial charge in [-0.1, -0.05) is 26.0 Å². The normalized spacial score (nSPS) is 12.6. The van der Waals surface area contributed by atoms with Crippen LogP contribution in [0, 0.1) is 0 Å². The first-order valence-corrected chi connectivity index (χ1v) is 10.8. The van der Waals surface area contributed by atoms with E-state index in [4.69, 9.17) is 5.73 Å². The van der Waals surface area contributed by atoms with E-state index in [1.807, 2.05) is 0 Å². The summed E-state index contributed by atoms with van der Waals surface area (Å²) < 4.78 is 38.4. The highest BCUT2D eigenvalue weighted by Gasteiger charge is 2.30. The van der Waals surface area contributed by atoms with E-state index < -0.39 is 11.7 Å². The number of fused-ring (bicyclic) bond motifs is 1. The predicted molar refractivity (Wildman–Crippen MR) is 130 cm³/mol. The van der Waals surface area contributed by atoms with Crippen LogP contribution in [0.2, 0.25) is 0 Å². The lowest BCUT2D eigenvalue weighted by molar-refractivity contribution is -0.137. The van der Waals surface area contributed by atoms with Gasteiger partial charge in [0.2, 0.25) is 0 Å². The Kier molecular flexibility index (Phi) is 9.25. The Morgan fingerprint density at radius 3 is 2.36 bits per heavy atom. The minimum Gasteiger partial charge on any atom is -0.384 e. The Balaban J connectivity index is 0.00000385. The Morgan fingerprint density at radius 1 is 1.09 bits per heavy atom. The second-order valence-electron chi connectivity index (χ2n) is 7.81. The van der Waals surface area contributed by atoms with Crippen LogP contribution in [-0.2, 0) is 6.18 Å². The summed E-state index contributed by atoms with van der Waals surface area (Å²) in [6.07, 6.45) is -0.791. The van der Waals surface area contributed by atoms with Gasteiger partial charge in [-0.15, -0.1) is 12.4 Å². The maximum atomic E-state index is 12.8. The van der Waals surface area contributed by atoms with Crippen LogP contribution in [0.4, 0.5) is 24.7 Å². The fourth-order valence-electron chi connectivity index (χ4n) is 3.60. The fraction of sp³-hybridized carbons (Fsp3) is 0.435. The first-order chi connectivity index (χ1) is 15.2. The van der Waals surface area contributed by atoms with E-state index in [-0.39, 0.29) is 18.4 Å². The molecule has 2 aromatic heterocycles. The van der Waals surface area contributed by atoms with Crippen molar-refractivity contribution in [1.82, 2.24) is 19.9 Å². The SMILES string of the molecule is CCN(CC)CCCC(C)Nc1cc(N)nc2nc(-c3ccc(C(F)(F)F)cc3)cnc12.Cl. The molecule has 1 atom stereocenters. The summed E-state index contributed by atoms with van der Waals surface area (Å²) in [5.41, 5.74) is 7.90. The van der Waals surface area contributed by atoms with Gasteiger partial charge in [-0.2, -0.15) is 13.2 Å². The molecule has 0 aliphatic heterocycles. The molecule has 1 aromatic carbocycles. The fourth-order valence-corrected chi connectivity index (χ4v) is 3.60. The molecule has 0 spiro atoms. The van der Waals surface area contributed by atoms with Gasteiger partial charge in [0, 0.05) is 17.7 Å². The molecule has 1 unspecified atom stereocenters. The molecule has 3 rings (SSSR count). The first kappa shape index (κ1) is 26.6. The average Bonchev–Trinajstić information content (AvgIpc) is 2.75. The summed E-state index contributed by atoms with van der Waals surface area (Å²) in [4.78, 5) is 15.6. The number of pyridine rings is 1. The number of benzene rings is 1. The molecule has 10 heteroatoms. The van der Waals surface area contributed by atoms with Gasteiger partial charge in [-0.25, -0.2) is 15.0 Å². The van der Waals surface area contributed by atoms with Crippen molar-refractivity contribution in [1.29, 1.82) is 0 Å². The van der Waals surface area contributed by atoms with Gasteiger partial charge in [-0.3, -0.25) is 0 Å². The summed E-state index contributed by atoms with van der Waals surface area (Å²) in [6, 6.07) is 6.74. The molecular formula is C23H30ClF3N6. The summed E-state index contributed by atoms with van der Waals surface area (Å²) >= 11 is 0. The monoisotopic (exact) mass is 482 g/mol. The zero-order chi connectivity index (χ0) is 23.3. The van der Waals surface area contributed by atoms with Crippen molar-refractivity contribution in [2.24, 2.45) is 0 Å². The van der Waals surface area contributed by atoms with Crippen molar-refractivity contribution in [2.75, 3.05) is 30.7 Å². The third kappa shape index (κ3) is 6.91. The number of halogens is 4. The minimum absolute atomic E-state index is 0. The lowest BCUT2D eigenvalue weighted by Gasteiger charge is -2.20. The highest BCUT2D eigenvalue weighted by Crippen LogP contribution is 2.31. The van der Waals surface area contributed by atoms with E-state index in [0.29, 0.717) is 28.2 Å². The molecule has 0 aliphatic carbocycles. The van der Waals surface area contributed by atoms with Crippen molar-refractivity contribution in [3.8, 4) is 11.3 Å². The zero-order valence-electron chi connectivity index (χ0n) is 19.0. The van der Waals surface area contributed by atoms with E-state index in [9.17, 15) is 13.2 Å². The molecular weight excluding hydrogens is 453 g/mol. The van der Waals surface area contributed by atoms with Gasteiger partial charge in [-0.05, 0) is 51.5 Å². The molecule has 0 saturated heterocycles. The third-order valence-corrected chi connectivity index (χ3v) is 5.45. The molecule has 6 nitrogen and oxygen atoms in total. The van der Waals surface area contributed by atoms with Crippen LogP contribution in [0.25, 0.3) is 22.4 Å². The van der Waals surface area contributed by atoms with Crippen molar-refractivity contribution in [3.05, 3.63) is 42.1 Å². The zero-order valence-corrected chi connectivity index (χ0v) is 19.8. The number of alkyl halides is 3. The highest BCUT2D eigenvalue weighted by molar-refractivity contribution is 5.88. The summed E-state index contributed by atoms with van der Waals surface area (Å²) in [5, 5.41) is 3.45. The smallest absolute Gasteiger partial charge is 0.384 e. The van der Waals surface area contributed by atoms with E-state index in [0.717, 1.165) is 50.3 Å². The van der Waals surface area contributed by atoms with Crippen LogP contribution in [0.15, 0.2) is 36.5 Å². The van der Waals surface area contributed by atoms with E-state index in [1.54, 1.807) is 12.3 Å². The van der Waals surface area contributed by atoms with E-state index in [1.165, 1.54) is 12.1 Å². The molecule has 0 saturated carbocycles. The summed E-state index contributed by atoms with van der Waals surface area (Å²) in [6.45, 7) is 9.56. The second-order valence-corrected chi connectivity index (χ2v) is 7.81. The van der Waals surface area contributed by atoms with Gasteiger partial charge in [0.05, 0.1) is 23.1 Å². The summed E-state index contributed by atoms with van der Waals surface area (Å²) in [5.74, 6) is 0.300. The van der Waals surface area contributed by atoms with E-state index >= 15 is 0 Å². The molecule has 0 radical (unpaired) electrons. The number of hydrogen-bond donors (Lipinski definition) is 2. The number of anilines is 2. The molecule has 3 aromatic rings. The molecule has 2 heterocycles. The number of aromatic nitrogens is 3. The van der Waals surface area contributed by atoms with Gasteiger partial charge in [0.25, 0.3) is 0 Å². The third-order valence-electron chi connectivity index (χ3n) is 5.45. The number of hydrogen-bond acceptors (Lipinski definition) is 6. The van der Waals surface area contributed by atoms with Crippen LogP contribution < -0.4 is 11.1 Å². The minimum atomic E-state index is -4.38. The number of nitrogens with zero attached hydrogens (tertiary/aromatic N) is 4. The predicted octanol–water partition coefficient (Wildman–Crippen LogP) is 5.64. The van der Waals surface area contributed by atoms with Crippen LogP contribution in [0.1, 0.15) is 39.2 Å². The Bertz CT molecular complexity index is 1040. The molecule has 180 valence electrons. The highest BCUT2D eigenvalue weighted by atomic mass is 35.5. The number of nitrogens with one attached hydrogen (secondary N) is 1. The Hall–Kier alpha value is -2.65. The molecule has 33 heavy (non-hydrogen) atoms. The lowest BCUT2D eigenvalue weighted by atomic mass is 10.1. The van der Waals surface area contributed by atoms with Gasteiger partial charge >= 0.3 is 6.18 Å².